The molecule has 2 aromatic rings. The number of carbonyl (C=O) groups is 2. The molecule has 0 atom stereocenters. The minimum atomic E-state index is -3.76. The first-order chi connectivity index (χ1) is 14.3. The monoisotopic (exact) mass is 431 g/mol. The molecule has 2 amide bonds. The first-order valence-electron chi connectivity index (χ1n) is 9.68. The van der Waals surface area contributed by atoms with E-state index in [0.717, 1.165) is 19.3 Å². The number of nitrogens with zero attached hydrogens (tertiary/aromatic N) is 1. The molecule has 0 saturated carbocycles. The molecule has 0 radical (unpaired) electrons. The molecule has 1 fully saturated rings. The molecule has 0 aliphatic carbocycles. The molecule has 2 N–H and O–H groups in total. The molecule has 2 aromatic carbocycles. The van der Waals surface area contributed by atoms with E-state index < -0.39 is 15.9 Å². The minimum absolute atomic E-state index is 0.0134. The van der Waals surface area contributed by atoms with Crippen molar-refractivity contribution in [3.8, 4) is 5.75 Å². The molecule has 0 spiro atoms. The quantitative estimate of drug-likeness (QED) is 0.731. The van der Waals surface area contributed by atoms with Gasteiger partial charge in [0.25, 0.3) is 5.91 Å². The highest BCUT2D eigenvalue weighted by atomic mass is 32.2. The van der Waals surface area contributed by atoms with Crippen LogP contribution in [0.1, 0.15) is 36.5 Å². The van der Waals surface area contributed by atoms with Gasteiger partial charge in [-0.05, 0) is 55.3 Å². The number of hydrogen-bond donors (Lipinski definition) is 2. The van der Waals surface area contributed by atoms with E-state index in [-0.39, 0.29) is 22.1 Å². The third-order valence-electron chi connectivity index (χ3n) is 4.82. The molecule has 1 heterocycles. The van der Waals surface area contributed by atoms with Crippen molar-refractivity contribution in [2.45, 2.75) is 31.1 Å². The van der Waals surface area contributed by atoms with E-state index >= 15 is 0 Å². The highest BCUT2D eigenvalue weighted by Gasteiger charge is 2.29. The van der Waals surface area contributed by atoms with Crippen LogP contribution in [0, 0.1) is 0 Å². The van der Waals surface area contributed by atoms with Crippen LogP contribution in [0.2, 0.25) is 0 Å². The van der Waals surface area contributed by atoms with Crippen LogP contribution in [0.15, 0.2) is 47.4 Å². The number of rotatable bonds is 6. The van der Waals surface area contributed by atoms with Crippen LogP contribution >= 0.6 is 0 Å². The van der Waals surface area contributed by atoms with Crippen LogP contribution in [0.5, 0.6) is 5.75 Å². The maximum atomic E-state index is 13.1. The molecule has 1 aliphatic rings. The summed E-state index contributed by atoms with van der Waals surface area (Å²) < 4.78 is 32.9. The normalized spacial score (nSPS) is 14.7. The van der Waals surface area contributed by atoms with Gasteiger partial charge in [-0.3, -0.25) is 9.59 Å². The molecule has 3 rings (SSSR count). The number of nitrogens with one attached hydrogen (secondary N) is 2. The third kappa shape index (κ3) is 4.98. The Morgan fingerprint density at radius 1 is 0.933 bits per heavy atom. The molecule has 0 bridgehead atoms. The molecule has 9 heteroatoms. The summed E-state index contributed by atoms with van der Waals surface area (Å²) in [5, 5.41) is 5.38. The second-order valence-electron chi connectivity index (χ2n) is 7.04. The van der Waals surface area contributed by atoms with E-state index in [1.165, 1.54) is 36.5 Å². The van der Waals surface area contributed by atoms with Gasteiger partial charge in [-0.1, -0.05) is 6.42 Å². The minimum Gasteiger partial charge on any atom is -0.495 e. The van der Waals surface area contributed by atoms with Crippen molar-refractivity contribution in [1.82, 2.24) is 4.31 Å². The number of ether oxygens (including phenoxy) is 1. The van der Waals surface area contributed by atoms with Gasteiger partial charge in [-0.25, -0.2) is 8.42 Å². The molecular weight excluding hydrogens is 406 g/mol. The van der Waals surface area contributed by atoms with Gasteiger partial charge in [0.2, 0.25) is 15.9 Å². The summed E-state index contributed by atoms with van der Waals surface area (Å²) >= 11 is 0. The van der Waals surface area contributed by atoms with Crippen molar-refractivity contribution in [1.29, 1.82) is 0 Å². The Labute approximate surface area is 176 Å². The number of piperidine rings is 1. The molecule has 8 nitrogen and oxygen atoms in total. The number of benzene rings is 2. The standard InChI is InChI=1S/C21H25N3O5S/c1-15(25)22-17-7-9-18(10-8-17)23-21(26)16-6-11-19(29-2)20(14-16)30(27,28)24-12-4-3-5-13-24/h6-11,14H,3-5,12-13H2,1-2H3,(H,22,25)(H,23,26). The number of anilines is 2. The Morgan fingerprint density at radius 3 is 2.10 bits per heavy atom. The largest absolute Gasteiger partial charge is 0.495 e. The van der Waals surface area contributed by atoms with E-state index in [9.17, 15) is 18.0 Å². The van der Waals surface area contributed by atoms with Crippen molar-refractivity contribution >= 4 is 33.2 Å². The van der Waals surface area contributed by atoms with Crippen LogP contribution in [-0.4, -0.2) is 44.7 Å². The first kappa shape index (κ1) is 21.8. The van der Waals surface area contributed by atoms with E-state index in [0.29, 0.717) is 24.5 Å². The zero-order valence-electron chi connectivity index (χ0n) is 17.0. The average molecular weight is 432 g/mol. The lowest BCUT2D eigenvalue weighted by atomic mass is 10.2. The van der Waals surface area contributed by atoms with Gasteiger partial charge in [0.1, 0.15) is 10.6 Å². The Hall–Kier alpha value is -2.91. The van der Waals surface area contributed by atoms with E-state index in [1.54, 1.807) is 24.3 Å². The Morgan fingerprint density at radius 2 is 1.53 bits per heavy atom. The maximum Gasteiger partial charge on any atom is 0.255 e. The summed E-state index contributed by atoms with van der Waals surface area (Å²) in [5.74, 6) is -0.427. The van der Waals surface area contributed by atoms with Crippen LogP contribution in [0.4, 0.5) is 11.4 Å². The molecule has 0 unspecified atom stereocenters. The zero-order chi connectivity index (χ0) is 21.7. The summed E-state index contributed by atoms with van der Waals surface area (Å²) in [6.45, 7) is 2.33. The Bertz CT molecular complexity index is 1030. The first-order valence-corrected chi connectivity index (χ1v) is 11.1. The fraction of sp³-hybridized carbons (Fsp3) is 0.333. The topological polar surface area (TPSA) is 105 Å². The van der Waals surface area contributed by atoms with Crippen molar-refractivity contribution < 1.29 is 22.7 Å². The average Bonchev–Trinajstić information content (AvgIpc) is 2.75. The Balaban J connectivity index is 1.83. The fourth-order valence-corrected chi connectivity index (χ4v) is 5.01. The van der Waals surface area contributed by atoms with Crippen molar-refractivity contribution in [3.05, 3.63) is 48.0 Å². The van der Waals surface area contributed by atoms with Gasteiger partial charge in [0.05, 0.1) is 7.11 Å². The van der Waals surface area contributed by atoms with Gasteiger partial charge in [-0.2, -0.15) is 4.31 Å². The zero-order valence-corrected chi connectivity index (χ0v) is 17.8. The maximum absolute atomic E-state index is 13.1. The van der Waals surface area contributed by atoms with Crippen LogP contribution in [0.3, 0.4) is 0 Å². The van der Waals surface area contributed by atoms with Crippen LogP contribution in [0.25, 0.3) is 0 Å². The molecule has 1 aliphatic heterocycles. The van der Waals surface area contributed by atoms with Gasteiger partial charge in [0.15, 0.2) is 0 Å². The molecule has 1 saturated heterocycles. The second kappa shape index (κ2) is 9.27. The smallest absolute Gasteiger partial charge is 0.255 e. The number of carbonyl (C=O) groups excluding carboxylic acids is 2. The highest BCUT2D eigenvalue weighted by Crippen LogP contribution is 2.30. The van der Waals surface area contributed by atoms with Crippen LogP contribution in [-0.2, 0) is 14.8 Å². The van der Waals surface area contributed by atoms with Crippen molar-refractivity contribution in [3.63, 3.8) is 0 Å². The van der Waals surface area contributed by atoms with Gasteiger partial charge in [-0.15, -0.1) is 0 Å². The van der Waals surface area contributed by atoms with Crippen LogP contribution < -0.4 is 15.4 Å². The van der Waals surface area contributed by atoms with Gasteiger partial charge < -0.3 is 15.4 Å². The lowest BCUT2D eigenvalue weighted by molar-refractivity contribution is -0.114. The van der Waals surface area contributed by atoms with Gasteiger partial charge >= 0.3 is 0 Å². The van der Waals surface area contributed by atoms with Crippen molar-refractivity contribution in [2.24, 2.45) is 0 Å². The molecule has 160 valence electrons. The SMILES string of the molecule is COc1ccc(C(=O)Nc2ccc(NC(C)=O)cc2)cc1S(=O)(=O)N1CCCCC1. The predicted octanol–water partition coefficient (Wildman–Crippen LogP) is 3.08. The molecular formula is C21H25N3O5S. The molecule has 30 heavy (non-hydrogen) atoms. The fourth-order valence-electron chi connectivity index (χ4n) is 3.31. The summed E-state index contributed by atoms with van der Waals surface area (Å²) in [4.78, 5) is 23.8. The predicted molar refractivity (Wildman–Crippen MR) is 114 cm³/mol. The number of sulfonamides is 1. The summed E-state index contributed by atoms with van der Waals surface area (Å²) in [6, 6.07) is 11.0. The second-order valence-corrected chi connectivity index (χ2v) is 8.95. The highest BCUT2D eigenvalue weighted by molar-refractivity contribution is 7.89. The van der Waals surface area contributed by atoms with E-state index in [4.69, 9.17) is 4.74 Å². The lowest BCUT2D eigenvalue weighted by Gasteiger charge is -2.26. The number of amides is 2. The van der Waals surface area contributed by atoms with E-state index in [2.05, 4.69) is 10.6 Å². The third-order valence-corrected chi connectivity index (χ3v) is 6.74. The van der Waals surface area contributed by atoms with Gasteiger partial charge in [0, 0.05) is 37.0 Å². The van der Waals surface area contributed by atoms with Crippen molar-refractivity contribution in [2.75, 3.05) is 30.8 Å². The number of methoxy groups -OCH3 is 1. The summed E-state index contributed by atoms with van der Waals surface area (Å²) in [7, 11) is -2.36. The lowest BCUT2D eigenvalue weighted by Crippen LogP contribution is -2.35. The van der Waals surface area contributed by atoms with E-state index in [1.807, 2.05) is 0 Å². The molecule has 0 aromatic heterocycles. The summed E-state index contributed by atoms with van der Waals surface area (Å²) in [5.41, 5.74) is 1.34. The Kier molecular flexibility index (Phi) is 6.73. The summed E-state index contributed by atoms with van der Waals surface area (Å²) in [6.07, 6.45) is 2.64. The number of hydrogen-bond acceptors (Lipinski definition) is 5.